The molecule has 1 aromatic carbocycles. The van der Waals surface area contributed by atoms with Crippen LogP contribution in [0.3, 0.4) is 0 Å². The van der Waals surface area contributed by atoms with E-state index in [4.69, 9.17) is 0 Å². The maximum atomic E-state index is 13.2. The van der Waals surface area contributed by atoms with Gasteiger partial charge in [-0.3, -0.25) is 0 Å². The minimum atomic E-state index is -0.435. The first-order valence-electron chi connectivity index (χ1n) is 8.24. The highest BCUT2D eigenvalue weighted by atomic mass is 19.1. The summed E-state index contributed by atoms with van der Waals surface area (Å²) in [5.74, 6) is 1.00. The van der Waals surface area contributed by atoms with Crippen molar-refractivity contribution in [2.75, 3.05) is 6.54 Å². The maximum absolute atomic E-state index is 13.2. The lowest BCUT2D eigenvalue weighted by molar-refractivity contribution is 0.237. The van der Waals surface area contributed by atoms with E-state index in [1.807, 2.05) is 17.8 Å². The largest absolute Gasteiger partial charge is 0.338 e. The second-order valence-electron chi connectivity index (χ2n) is 6.32. The van der Waals surface area contributed by atoms with E-state index in [2.05, 4.69) is 29.5 Å². The Hall–Kier alpha value is -2.37. The first-order valence-corrected chi connectivity index (χ1v) is 8.24. The summed E-state index contributed by atoms with van der Waals surface area (Å²) in [7, 11) is 1.86. The minimum absolute atomic E-state index is 0.254. The van der Waals surface area contributed by atoms with Crippen LogP contribution in [-0.2, 0) is 7.05 Å². The number of nitrogens with zero attached hydrogens (tertiary/aromatic N) is 2. The van der Waals surface area contributed by atoms with Crippen molar-refractivity contribution in [2.24, 2.45) is 13.0 Å². The summed E-state index contributed by atoms with van der Waals surface area (Å²) in [5, 5.41) is 5.80. The second-order valence-corrected chi connectivity index (χ2v) is 6.32. The number of imidazole rings is 1. The van der Waals surface area contributed by atoms with Crippen LogP contribution in [0, 0.1) is 11.7 Å². The zero-order valence-corrected chi connectivity index (χ0v) is 14.4. The molecule has 0 saturated carbocycles. The van der Waals surface area contributed by atoms with Crippen molar-refractivity contribution >= 4 is 6.03 Å². The molecule has 0 fully saturated rings. The van der Waals surface area contributed by atoms with Crippen molar-refractivity contribution in [1.29, 1.82) is 0 Å². The third-order valence-corrected chi connectivity index (χ3v) is 3.84. The fraction of sp³-hybridized carbons (Fsp3) is 0.444. The highest BCUT2D eigenvalue weighted by Crippen LogP contribution is 2.20. The number of aryl methyl sites for hydroxylation is 1. The topological polar surface area (TPSA) is 59.0 Å². The van der Waals surface area contributed by atoms with Gasteiger partial charge in [-0.1, -0.05) is 26.0 Å². The maximum Gasteiger partial charge on any atom is 0.315 e. The highest BCUT2D eigenvalue weighted by molar-refractivity contribution is 5.74. The number of carbonyl (C=O) groups is 1. The Morgan fingerprint density at radius 2 is 2.00 bits per heavy atom. The molecule has 0 saturated heterocycles. The van der Waals surface area contributed by atoms with Crippen molar-refractivity contribution in [1.82, 2.24) is 20.2 Å². The standard InChI is InChI=1S/C18H25FN4O/c1-13(2)5-4-10-21-18(24)22-16(17-20-11-12-23(17)3)14-6-8-15(19)9-7-14/h6-9,11-13,16H,4-5,10H2,1-3H3,(H2,21,22,24)/t16-/m0/s1. The van der Waals surface area contributed by atoms with E-state index in [9.17, 15) is 9.18 Å². The van der Waals surface area contributed by atoms with Crippen LogP contribution in [0.5, 0.6) is 0 Å². The molecule has 1 aromatic heterocycles. The molecule has 1 atom stereocenters. The van der Waals surface area contributed by atoms with Crippen molar-refractivity contribution in [3.05, 3.63) is 53.9 Å². The number of hydrogen-bond donors (Lipinski definition) is 2. The molecule has 0 aliphatic carbocycles. The minimum Gasteiger partial charge on any atom is -0.338 e. The fourth-order valence-electron chi connectivity index (χ4n) is 2.50. The van der Waals surface area contributed by atoms with E-state index < -0.39 is 6.04 Å². The van der Waals surface area contributed by atoms with Crippen LogP contribution >= 0.6 is 0 Å². The Bertz CT molecular complexity index is 651. The van der Waals surface area contributed by atoms with Gasteiger partial charge in [-0.25, -0.2) is 14.2 Å². The lowest BCUT2D eigenvalue weighted by Gasteiger charge is -2.19. The average Bonchev–Trinajstić information content (AvgIpc) is 2.96. The first kappa shape index (κ1) is 18.0. The number of aromatic nitrogens is 2. The molecular weight excluding hydrogens is 307 g/mol. The number of halogens is 1. The van der Waals surface area contributed by atoms with Crippen LogP contribution in [-0.4, -0.2) is 22.1 Å². The van der Waals surface area contributed by atoms with E-state index >= 15 is 0 Å². The Morgan fingerprint density at radius 1 is 1.29 bits per heavy atom. The van der Waals surface area contributed by atoms with Gasteiger partial charge in [0.15, 0.2) is 0 Å². The molecule has 0 spiro atoms. The Labute approximate surface area is 142 Å². The summed E-state index contributed by atoms with van der Waals surface area (Å²) < 4.78 is 15.0. The van der Waals surface area contributed by atoms with Crippen molar-refractivity contribution in [3.8, 4) is 0 Å². The van der Waals surface area contributed by atoms with Crippen LogP contribution < -0.4 is 10.6 Å². The average molecular weight is 332 g/mol. The molecule has 24 heavy (non-hydrogen) atoms. The van der Waals surface area contributed by atoms with Gasteiger partial charge in [0.05, 0.1) is 0 Å². The number of rotatable bonds is 7. The number of urea groups is 1. The number of hydrogen-bond acceptors (Lipinski definition) is 2. The molecule has 5 nitrogen and oxygen atoms in total. The van der Waals surface area contributed by atoms with Gasteiger partial charge in [0.25, 0.3) is 0 Å². The summed E-state index contributed by atoms with van der Waals surface area (Å²) in [6.45, 7) is 4.94. The second kappa shape index (κ2) is 8.47. The van der Waals surface area contributed by atoms with Crippen LogP contribution in [0.2, 0.25) is 0 Å². The quantitative estimate of drug-likeness (QED) is 0.764. The van der Waals surface area contributed by atoms with Gasteiger partial charge < -0.3 is 15.2 Å². The molecule has 2 aromatic rings. The van der Waals surface area contributed by atoms with Gasteiger partial charge in [0.1, 0.15) is 17.7 Å². The van der Waals surface area contributed by atoms with E-state index in [-0.39, 0.29) is 11.8 Å². The summed E-state index contributed by atoms with van der Waals surface area (Å²) in [6.07, 6.45) is 5.50. The molecule has 1 heterocycles. The first-order chi connectivity index (χ1) is 11.5. The molecule has 0 aliphatic heterocycles. The zero-order chi connectivity index (χ0) is 17.5. The number of carbonyl (C=O) groups excluding carboxylic acids is 1. The van der Waals surface area contributed by atoms with Crippen LogP contribution in [0.4, 0.5) is 9.18 Å². The number of nitrogens with one attached hydrogen (secondary N) is 2. The summed E-state index contributed by atoms with van der Waals surface area (Å²) in [4.78, 5) is 16.5. The van der Waals surface area contributed by atoms with Gasteiger partial charge in [-0.2, -0.15) is 0 Å². The molecule has 2 amide bonds. The van der Waals surface area contributed by atoms with Crippen molar-refractivity contribution < 1.29 is 9.18 Å². The molecule has 130 valence electrons. The summed E-state index contributed by atoms with van der Waals surface area (Å²) >= 11 is 0. The molecule has 6 heteroatoms. The van der Waals surface area contributed by atoms with E-state index in [0.717, 1.165) is 18.4 Å². The molecule has 2 N–H and O–H groups in total. The highest BCUT2D eigenvalue weighted by Gasteiger charge is 2.20. The van der Waals surface area contributed by atoms with Gasteiger partial charge in [-0.15, -0.1) is 0 Å². The van der Waals surface area contributed by atoms with E-state index in [1.54, 1.807) is 18.3 Å². The Kier molecular flexibility index (Phi) is 6.35. The molecule has 0 radical (unpaired) electrons. The van der Waals surface area contributed by atoms with Crippen LogP contribution in [0.25, 0.3) is 0 Å². The van der Waals surface area contributed by atoms with E-state index in [0.29, 0.717) is 18.3 Å². The third-order valence-electron chi connectivity index (χ3n) is 3.84. The number of amides is 2. The van der Waals surface area contributed by atoms with Gasteiger partial charge in [0, 0.05) is 26.0 Å². The molecule has 0 bridgehead atoms. The molecule has 0 unspecified atom stereocenters. The molecule has 2 rings (SSSR count). The van der Waals surface area contributed by atoms with Gasteiger partial charge >= 0.3 is 6.03 Å². The summed E-state index contributed by atoms with van der Waals surface area (Å²) in [5.41, 5.74) is 0.781. The zero-order valence-electron chi connectivity index (χ0n) is 14.4. The van der Waals surface area contributed by atoms with Gasteiger partial charge in [0.2, 0.25) is 0 Å². The smallest absolute Gasteiger partial charge is 0.315 e. The Balaban J connectivity index is 2.05. The molecular formula is C18H25FN4O. The molecule has 0 aliphatic rings. The predicted octanol–water partition coefficient (Wildman–Crippen LogP) is 3.38. The van der Waals surface area contributed by atoms with E-state index in [1.165, 1.54) is 12.1 Å². The SMILES string of the molecule is CC(C)CCCNC(=O)N[C@@H](c1ccc(F)cc1)c1nccn1C. The van der Waals surface area contributed by atoms with Crippen LogP contribution in [0.1, 0.15) is 44.1 Å². The lowest BCUT2D eigenvalue weighted by Crippen LogP contribution is -2.39. The summed E-state index contributed by atoms with van der Waals surface area (Å²) in [6, 6.07) is 5.40. The predicted molar refractivity (Wildman–Crippen MR) is 92.1 cm³/mol. The number of benzene rings is 1. The third kappa shape index (κ3) is 5.08. The van der Waals surface area contributed by atoms with Crippen LogP contribution in [0.15, 0.2) is 36.7 Å². The Morgan fingerprint density at radius 3 is 2.58 bits per heavy atom. The van der Waals surface area contributed by atoms with Gasteiger partial charge in [-0.05, 0) is 36.5 Å². The normalized spacial score (nSPS) is 12.2. The lowest BCUT2D eigenvalue weighted by atomic mass is 10.1. The monoisotopic (exact) mass is 332 g/mol. The fourth-order valence-corrected chi connectivity index (χ4v) is 2.50. The van der Waals surface area contributed by atoms with Crippen molar-refractivity contribution in [3.63, 3.8) is 0 Å². The van der Waals surface area contributed by atoms with Crippen molar-refractivity contribution in [2.45, 2.75) is 32.7 Å².